The fourth-order valence-electron chi connectivity index (χ4n) is 1.31. The Morgan fingerprint density at radius 1 is 1.47 bits per heavy atom. The molecule has 0 atom stereocenters. The molecule has 80 valence electrons. The standard InChI is InChI=1S/C11H13NO2S/c1-15(2,14)11(7-12)10-6-4-3-5-9(10)8-13/h3-6,13H,8H2,1-2H3. The first kappa shape index (κ1) is 11.8. The lowest BCUT2D eigenvalue weighted by molar-refractivity contribution is 0.281. The molecule has 0 spiro atoms. The summed E-state index contributed by atoms with van der Waals surface area (Å²) in [5.41, 5.74) is 1.21. The average Bonchev–Trinajstić information content (AvgIpc) is 2.17. The maximum absolute atomic E-state index is 11.8. The summed E-state index contributed by atoms with van der Waals surface area (Å²) in [4.78, 5) is 0.243. The Hall–Kier alpha value is -1.31. The molecule has 0 saturated heterocycles. The molecule has 0 bridgehead atoms. The van der Waals surface area contributed by atoms with Crippen LogP contribution in [0.3, 0.4) is 0 Å². The maximum Gasteiger partial charge on any atom is 0.111 e. The average molecular weight is 223 g/mol. The van der Waals surface area contributed by atoms with Gasteiger partial charge >= 0.3 is 0 Å². The zero-order valence-corrected chi connectivity index (χ0v) is 9.54. The second-order valence-electron chi connectivity index (χ2n) is 3.49. The predicted molar refractivity (Wildman–Crippen MR) is 62.1 cm³/mol. The Morgan fingerprint density at radius 3 is 2.53 bits per heavy atom. The van der Waals surface area contributed by atoms with E-state index in [0.29, 0.717) is 11.1 Å². The van der Waals surface area contributed by atoms with E-state index in [9.17, 15) is 4.21 Å². The van der Waals surface area contributed by atoms with Crippen LogP contribution in [0.5, 0.6) is 0 Å². The monoisotopic (exact) mass is 223 g/mol. The summed E-state index contributed by atoms with van der Waals surface area (Å²) in [7, 11) is -2.31. The molecule has 0 aliphatic rings. The lowest BCUT2D eigenvalue weighted by Crippen LogP contribution is -2.13. The number of rotatable bonds is 2. The highest BCUT2D eigenvalue weighted by Crippen LogP contribution is 2.11. The van der Waals surface area contributed by atoms with E-state index >= 15 is 0 Å². The SMILES string of the molecule is CS(C)(=O)=C(C#N)c1ccccc1CO. The highest BCUT2D eigenvalue weighted by Gasteiger charge is 2.11. The number of hydrogen-bond donors (Lipinski definition) is 1. The van der Waals surface area contributed by atoms with Crippen molar-refractivity contribution >= 4 is 14.4 Å². The summed E-state index contributed by atoms with van der Waals surface area (Å²) in [6, 6.07) is 8.92. The van der Waals surface area contributed by atoms with Gasteiger partial charge in [0, 0.05) is 18.1 Å². The molecule has 1 aromatic rings. The quantitative estimate of drug-likeness (QED) is 0.595. The van der Waals surface area contributed by atoms with Crippen LogP contribution in [-0.2, 0) is 16.1 Å². The predicted octanol–water partition coefficient (Wildman–Crippen LogP) is 0.767. The third kappa shape index (κ3) is 2.58. The van der Waals surface area contributed by atoms with Crippen molar-refractivity contribution in [1.29, 1.82) is 5.26 Å². The summed E-state index contributed by atoms with van der Waals surface area (Å²) in [5.74, 6) is 0. The second kappa shape index (κ2) is 4.47. The topological polar surface area (TPSA) is 61.1 Å². The van der Waals surface area contributed by atoms with Crippen LogP contribution in [0.15, 0.2) is 24.3 Å². The van der Waals surface area contributed by atoms with Gasteiger partial charge in [-0.3, -0.25) is 4.21 Å². The number of aliphatic hydroxyl groups excluding tert-OH is 1. The van der Waals surface area contributed by atoms with Crippen LogP contribution in [0.25, 0.3) is 0 Å². The molecule has 1 rings (SSSR count). The third-order valence-corrected chi connectivity index (χ3v) is 3.32. The highest BCUT2D eigenvalue weighted by molar-refractivity contribution is 8.01. The van der Waals surface area contributed by atoms with Crippen LogP contribution >= 0.6 is 0 Å². The van der Waals surface area contributed by atoms with E-state index in [0.717, 1.165) is 0 Å². The smallest absolute Gasteiger partial charge is 0.111 e. The number of hydrogen-bond acceptors (Lipinski definition) is 3. The molecule has 3 nitrogen and oxygen atoms in total. The normalized spacial score (nSPS) is 10.8. The molecule has 0 aromatic heterocycles. The molecule has 0 aliphatic carbocycles. The van der Waals surface area contributed by atoms with Gasteiger partial charge in [-0.05, 0) is 15.1 Å². The Labute approximate surface area is 90.0 Å². The Morgan fingerprint density at radius 2 is 2.07 bits per heavy atom. The number of benzene rings is 1. The van der Waals surface area contributed by atoms with Crippen LogP contribution in [0, 0.1) is 11.3 Å². The van der Waals surface area contributed by atoms with Crippen molar-refractivity contribution in [3.05, 3.63) is 35.4 Å². The van der Waals surface area contributed by atoms with Gasteiger partial charge in [-0.2, -0.15) is 5.26 Å². The summed E-state index contributed by atoms with van der Waals surface area (Å²) in [6.07, 6.45) is 3.05. The van der Waals surface area contributed by atoms with Crippen LogP contribution in [0.2, 0.25) is 0 Å². The van der Waals surface area contributed by atoms with Crippen molar-refractivity contribution in [2.24, 2.45) is 0 Å². The van der Waals surface area contributed by atoms with Gasteiger partial charge in [0.25, 0.3) is 0 Å². The summed E-state index contributed by atoms with van der Waals surface area (Å²) in [6.45, 7) is -0.156. The Kier molecular flexibility index (Phi) is 3.51. The van der Waals surface area contributed by atoms with Gasteiger partial charge in [0.2, 0.25) is 0 Å². The van der Waals surface area contributed by atoms with Crippen molar-refractivity contribution in [3.8, 4) is 6.07 Å². The van der Waals surface area contributed by atoms with E-state index in [-0.39, 0.29) is 11.5 Å². The first-order valence-corrected chi connectivity index (χ1v) is 6.78. The molecule has 0 fully saturated rings. The Bertz CT molecular complexity index is 512. The van der Waals surface area contributed by atoms with E-state index < -0.39 is 9.52 Å². The van der Waals surface area contributed by atoms with Gasteiger partial charge in [0.15, 0.2) is 0 Å². The molecule has 1 N–H and O–H groups in total. The molecule has 4 heteroatoms. The first-order valence-electron chi connectivity index (χ1n) is 4.41. The minimum absolute atomic E-state index is 0.156. The van der Waals surface area contributed by atoms with Gasteiger partial charge in [-0.25, -0.2) is 0 Å². The summed E-state index contributed by atoms with van der Waals surface area (Å²) in [5, 5.41) is 18.1. The fourth-order valence-corrected chi connectivity index (χ4v) is 2.26. The minimum Gasteiger partial charge on any atom is -0.392 e. The van der Waals surface area contributed by atoms with Crippen molar-refractivity contribution in [2.75, 3.05) is 12.5 Å². The summed E-state index contributed by atoms with van der Waals surface area (Å²) < 4.78 is 11.8. The molecule has 0 unspecified atom stereocenters. The molecule has 1 aromatic carbocycles. The van der Waals surface area contributed by atoms with E-state index in [2.05, 4.69) is 0 Å². The van der Waals surface area contributed by atoms with Crippen molar-refractivity contribution < 1.29 is 9.32 Å². The van der Waals surface area contributed by atoms with Crippen LogP contribution in [-0.4, -0.2) is 26.7 Å². The lowest BCUT2D eigenvalue weighted by atomic mass is 10.1. The van der Waals surface area contributed by atoms with Crippen molar-refractivity contribution in [1.82, 2.24) is 0 Å². The van der Waals surface area contributed by atoms with Crippen LogP contribution < -0.4 is 0 Å². The van der Waals surface area contributed by atoms with Gasteiger partial charge in [0.1, 0.15) is 10.9 Å². The number of nitriles is 1. The molecular formula is C11H13NO2S. The van der Waals surface area contributed by atoms with Crippen LogP contribution in [0.4, 0.5) is 0 Å². The molecular weight excluding hydrogens is 210 g/mol. The third-order valence-electron chi connectivity index (χ3n) is 2.03. The van der Waals surface area contributed by atoms with Gasteiger partial charge in [0.05, 0.1) is 6.61 Å². The van der Waals surface area contributed by atoms with E-state index in [1.54, 1.807) is 24.3 Å². The zero-order chi connectivity index (χ0) is 11.5. The lowest BCUT2D eigenvalue weighted by Gasteiger charge is -2.07. The van der Waals surface area contributed by atoms with E-state index in [4.69, 9.17) is 10.4 Å². The molecule has 0 saturated carbocycles. The largest absolute Gasteiger partial charge is 0.392 e. The maximum atomic E-state index is 11.8. The van der Waals surface area contributed by atoms with E-state index in [1.165, 1.54) is 12.5 Å². The van der Waals surface area contributed by atoms with Gasteiger partial charge in [-0.15, -0.1) is 0 Å². The first-order chi connectivity index (χ1) is 7.00. The van der Waals surface area contributed by atoms with Crippen molar-refractivity contribution in [2.45, 2.75) is 6.61 Å². The highest BCUT2D eigenvalue weighted by atomic mass is 32.2. The molecule has 0 amide bonds. The zero-order valence-electron chi connectivity index (χ0n) is 8.73. The minimum atomic E-state index is -2.31. The van der Waals surface area contributed by atoms with E-state index in [1.807, 2.05) is 6.07 Å². The molecule has 0 heterocycles. The number of nitrogens with zero attached hydrogens (tertiary/aromatic N) is 1. The molecule has 15 heavy (non-hydrogen) atoms. The molecule has 0 aliphatic heterocycles. The Balaban J connectivity index is 3.54. The summed E-state index contributed by atoms with van der Waals surface area (Å²) >= 11 is 0. The van der Waals surface area contributed by atoms with Gasteiger partial charge < -0.3 is 5.11 Å². The number of aliphatic hydroxyl groups is 1. The molecule has 0 radical (unpaired) electrons. The van der Waals surface area contributed by atoms with Crippen LogP contribution in [0.1, 0.15) is 11.1 Å². The fraction of sp³-hybridized carbons (Fsp3) is 0.273. The van der Waals surface area contributed by atoms with Gasteiger partial charge in [-0.1, -0.05) is 24.3 Å². The van der Waals surface area contributed by atoms with Crippen molar-refractivity contribution in [3.63, 3.8) is 0 Å². The second-order valence-corrected chi connectivity index (χ2v) is 6.36.